The lowest BCUT2D eigenvalue weighted by Crippen LogP contribution is -1.94. The lowest BCUT2D eigenvalue weighted by molar-refractivity contribution is 0.895. The molecule has 3 aromatic rings. The molecule has 0 aliphatic rings. The molecule has 3 rings (SSSR count). The molecule has 0 bridgehead atoms. The molecule has 0 spiro atoms. The van der Waals surface area contributed by atoms with Gasteiger partial charge in [-0.15, -0.1) is 0 Å². The predicted molar refractivity (Wildman–Crippen MR) is 72.4 cm³/mol. The monoisotopic (exact) mass is 248 g/mol. The van der Waals surface area contributed by atoms with Gasteiger partial charge in [-0.25, -0.2) is 9.50 Å². The second kappa shape index (κ2) is 5.32. The number of hydrogen-bond acceptors (Lipinski definition) is 3. The Kier molecular flexibility index (Phi) is 3.20. The SMILES string of the molecule is C(#Cc1cccnc1)CCc1ccn2nccc2n1. The van der Waals surface area contributed by atoms with E-state index in [-0.39, 0.29) is 0 Å². The quantitative estimate of drug-likeness (QED) is 0.652. The summed E-state index contributed by atoms with van der Waals surface area (Å²) >= 11 is 0. The van der Waals surface area contributed by atoms with Crippen molar-refractivity contribution in [3.8, 4) is 11.8 Å². The van der Waals surface area contributed by atoms with Crippen LogP contribution in [0.1, 0.15) is 17.7 Å². The molecule has 0 amide bonds. The second-order valence-corrected chi connectivity index (χ2v) is 4.10. The molecule has 0 aliphatic carbocycles. The molecule has 0 atom stereocenters. The van der Waals surface area contributed by atoms with Crippen LogP contribution in [-0.4, -0.2) is 19.6 Å². The van der Waals surface area contributed by atoms with Crippen molar-refractivity contribution in [2.24, 2.45) is 0 Å². The maximum atomic E-state index is 4.50. The van der Waals surface area contributed by atoms with Crippen molar-refractivity contribution in [1.82, 2.24) is 19.6 Å². The molecule has 0 aromatic carbocycles. The molecule has 0 unspecified atom stereocenters. The highest BCUT2D eigenvalue weighted by Gasteiger charge is 1.97. The van der Waals surface area contributed by atoms with Gasteiger partial charge >= 0.3 is 0 Å². The molecule has 92 valence electrons. The first-order valence-electron chi connectivity index (χ1n) is 6.10. The van der Waals surface area contributed by atoms with Gasteiger partial charge in [0.15, 0.2) is 5.65 Å². The normalized spacial score (nSPS) is 10.1. The standard InChI is InChI=1S/C15H12N4/c1(4-13-5-3-9-16-12-13)2-6-14-8-11-19-15(18-14)7-10-17-19/h3,5,7-12H,2,6H2. The van der Waals surface area contributed by atoms with Gasteiger partial charge in [0.25, 0.3) is 0 Å². The summed E-state index contributed by atoms with van der Waals surface area (Å²) < 4.78 is 1.75. The maximum Gasteiger partial charge on any atom is 0.155 e. The Morgan fingerprint density at radius 2 is 2.16 bits per heavy atom. The van der Waals surface area contributed by atoms with Gasteiger partial charge in [0, 0.05) is 48.8 Å². The Bertz CT molecular complexity index is 735. The van der Waals surface area contributed by atoms with Crippen molar-refractivity contribution in [1.29, 1.82) is 0 Å². The first-order valence-corrected chi connectivity index (χ1v) is 6.10. The molecule has 4 nitrogen and oxygen atoms in total. The summed E-state index contributed by atoms with van der Waals surface area (Å²) in [7, 11) is 0. The summed E-state index contributed by atoms with van der Waals surface area (Å²) in [6, 6.07) is 7.71. The maximum absolute atomic E-state index is 4.50. The molecule has 0 saturated heterocycles. The van der Waals surface area contributed by atoms with Crippen LogP contribution in [0.4, 0.5) is 0 Å². The topological polar surface area (TPSA) is 43.1 Å². The minimum Gasteiger partial charge on any atom is -0.263 e. The fourth-order valence-electron chi connectivity index (χ4n) is 1.78. The average Bonchev–Trinajstić information content (AvgIpc) is 2.92. The van der Waals surface area contributed by atoms with Crippen molar-refractivity contribution >= 4 is 5.65 Å². The highest BCUT2D eigenvalue weighted by atomic mass is 15.2. The van der Waals surface area contributed by atoms with Crippen molar-refractivity contribution in [2.45, 2.75) is 12.8 Å². The lowest BCUT2D eigenvalue weighted by atomic mass is 10.2. The molecule has 19 heavy (non-hydrogen) atoms. The number of pyridine rings is 1. The molecular weight excluding hydrogens is 236 g/mol. The Labute approximate surface area is 111 Å². The van der Waals surface area contributed by atoms with Crippen LogP contribution in [0.5, 0.6) is 0 Å². The zero-order valence-corrected chi connectivity index (χ0v) is 10.3. The number of aryl methyl sites for hydroxylation is 1. The minimum absolute atomic E-state index is 0.784. The molecule has 4 heteroatoms. The van der Waals surface area contributed by atoms with Crippen LogP contribution in [0, 0.1) is 11.8 Å². The molecule has 0 radical (unpaired) electrons. The van der Waals surface area contributed by atoms with E-state index in [4.69, 9.17) is 0 Å². The van der Waals surface area contributed by atoms with E-state index in [0.717, 1.165) is 29.7 Å². The summed E-state index contributed by atoms with van der Waals surface area (Å²) in [6.07, 6.45) is 8.81. The van der Waals surface area contributed by atoms with Gasteiger partial charge in [0.2, 0.25) is 0 Å². The summed E-state index contributed by atoms with van der Waals surface area (Å²) in [5.41, 5.74) is 2.85. The van der Waals surface area contributed by atoms with Gasteiger partial charge in [-0.05, 0) is 18.2 Å². The van der Waals surface area contributed by atoms with E-state index in [1.807, 2.05) is 30.5 Å². The summed E-state index contributed by atoms with van der Waals surface area (Å²) in [6.45, 7) is 0. The number of rotatable bonds is 2. The summed E-state index contributed by atoms with van der Waals surface area (Å²) in [5, 5.41) is 4.12. The first kappa shape index (κ1) is 11.4. The van der Waals surface area contributed by atoms with Crippen LogP contribution in [0.2, 0.25) is 0 Å². The van der Waals surface area contributed by atoms with Gasteiger partial charge < -0.3 is 0 Å². The van der Waals surface area contributed by atoms with Gasteiger partial charge in [-0.3, -0.25) is 4.98 Å². The van der Waals surface area contributed by atoms with E-state index in [2.05, 4.69) is 26.9 Å². The van der Waals surface area contributed by atoms with E-state index < -0.39 is 0 Å². The zero-order chi connectivity index (χ0) is 12.9. The van der Waals surface area contributed by atoms with Crippen LogP contribution >= 0.6 is 0 Å². The Morgan fingerprint density at radius 1 is 1.16 bits per heavy atom. The fraction of sp³-hybridized carbons (Fsp3) is 0.133. The Balaban J connectivity index is 1.65. The zero-order valence-electron chi connectivity index (χ0n) is 10.3. The largest absolute Gasteiger partial charge is 0.263 e. The van der Waals surface area contributed by atoms with Crippen LogP contribution < -0.4 is 0 Å². The second-order valence-electron chi connectivity index (χ2n) is 4.10. The van der Waals surface area contributed by atoms with E-state index in [0.29, 0.717) is 0 Å². The lowest BCUT2D eigenvalue weighted by Gasteiger charge is -1.97. The predicted octanol–water partition coefficient (Wildman–Crippen LogP) is 2.11. The highest BCUT2D eigenvalue weighted by molar-refractivity contribution is 5.36. The third-order valence-electron chi connectivity index (χ3n) is 2.72. The third-order valence-corrected chi connectivity index (χ3v) is 2.72. The Morgan fingerprint density at radius 3 is 3.05 bits per heavy atom. The van der Waals surface area contributed by atoms with Crippen LogP contribution in [0.25, 0.3) is 5.65 Å². The third kappa shape index (κ3) is 2.78. The fourth-order valence-corrected chi connectivity index (χ4v) is 1.78. The van der Waals surface area contributed by atoms with E-state index in [1.54, 1.807) is 23.1 Å². The molecule has 3 heterocycles. The Hall–Kier alpha value is -2.67. The van der Waals surface area contributed by atoms with Crippen molar-refractivity contribution in [3.63, 3.8) is 0 Å². The van der Waals surface area contributed by atoms with Gasteiger partial charge in [-0.1, -0.05) is 11.8 Å². The smallest absolute Gasteiger partial charge is 0.155 e. The van der Waals surface area contributed by atoms with E-state index in [9.17, 15) is 0 Å². The van der Waals surface area contributed by atoms with Crippen molar-refractivity contribution in [3.05, 3.63) is 60.3 Å². The minimum atomic E-state index is 0.784. The van der Waals surface area contributed by atoms with Gasteiger partial charge in [0.05, 0.1) is 6.20 Å². The van der Waals surface area contributed by atoms with Gasteiger partial charge in [0.1, 0.15) is 0 Å². The number of nitrogens with zero attached hydrogens (tertiary/aromatic N) is 4. The summed E-state index contributed by atoms with van der Waals surface area (Å²) in [5.74, 6) is 6.23. The molecule has 0 N–H and O–H groups in total. The van der Waals surface area contributed by atoms with Crippen molar-refractivity contribution in [2.75, 3.05) is 0 Å². The molecule has 0 aliphatic heterocycles. The number of fused-ring (bicyclic) bond motifs is 1. The highest BCUT2D eigenvalue weighted by Crippen LogP contribution is 2.03. The van der Waals surface area contributed by atoms with E-state index in [1.165, 1.54) is 0 Å². The van der Waals surface area contributed by atoms with Crippen LogP contribution in [0.15, 0.2) is 49.1 Å². The number of hydrogen-bond donors (Lipinski definition) is 0. The molecule has 0 fully saturated rings. The van der Waals surface area contributed by atoms with E-state index >= 15 is 0 Å². The van der Waals surface area contributed by atoms with Crippen LogP contribution in [0.3, 0.4) is 0 Å². The van der Waals surface area contributed by atoms with Crippen molar-refractivity contribution < 1.29 is 0 Å². The number of aromatic nitrogens is 4. The molecular formula is C15H12N4. The van der Waals surface area contributed by atoms with Gasteiger partial charge in [-0.2, -0.15) is 5.10 Å². The first-order chi connectivity index (χ1) is 9.42. The van der Waals surface area contributed by atoms with Crippen LogP contribution in [-0.2, 0) is 6.42 Å². The molecule has 3 aromatic heterocycles. The molecule has 0 saturated carbocycles. The summed E-state index contributed by atoms with van der Waals surface area (Å²) in [4.78, 5) is 8.53. The average molecular weight is 248 g/mol.